The van der Waals surface area contributed by atoms with E-state index in [0.29, 0.717) is 0 Å². The highest BCUT2D eigenvalue weighted by Gasteiger charge is 2.21. The third-order valence-corrected chi connectivity index (χ3v) is 4.68. The number of carboxylic acids is 1. The van der Waals surface area contributed by atoms with E-state index in [1.165, 1.54) is 19.2 Å². The number of hydrogen-bond donors (Lipinski definition) is 3. The predicted molar refractivity (Wildman–Crippen MR) is 74.8 cm³/mol. The Morgan fingerprint density at radius 1 is 1.48 bits per heavy atom. The van der Waals surface area contributed by atoms with Crippen LogP contribution in [0.15, 0.2) is 27.6 Å². The number of aromatic carboxylic acids is 1. The van der Waals surface area contributed by atoms with Gasteiger partial charge in [-0.1, -0.05) is 0 Å². The molecule has 0 fully saturated rings. The summed E-state index contributed by atoms with van der Waals surface area (Å²) in [5.74, 6) is -1.39. The van der Waals surface area contributed by atoms with Crippen LogP contribution in [0.2, 0.25) is 0 Å². The first kappa shape index (κ1) is 15.3. The monoisotopic (exact) mass is 376 g/mol. The number of nitrogens with zero attached hydrogens (tertiary/aromatic N) is 2. The molecular formula is C10H9BrN4O5S. The SMILES string of the molecule is COc1n[nH]c(NS(=O)(=O)c2cc(C(=O)O)ccc2Br)n1. The van der Waals surface area contributed by atoms with Crippen molar-refractivity contribution in [1.29, 1.82) is 0 Å². The van der Waals surface area contributed by atoms with Crippen LogP contribution in [0.3, 0.4) is 0 Å². The van der Waals surface area contributed by atoms with Crippen molar-refractivity contribution in [1.82, 2.24) is 15.2 Å². The molecule has 2 aromatic rings. The number of halogens is 1. The van der Waals surface area contributed by atoms with Gasteiger partial charge in [-0.2, -0.15) is 4.98 Å². The number of aromatic amines is 1. The number of aromatic nitrogens is 3. The second kappa shape index (κ2) is 5.69. The van der Waals surface area contributed by atoms with E-state index in [0.717, 1.165) is 6.07 Å². The molecule has 0 aliphatic rings. The van der Waals surface area contributed by atoms with Crippen molar-refractivity contribution in [3.63, 3.8) is 0 Å². The fourth-order valence-electron chi connectivity index (χ4n) is 1.41. The van der Waals surface area contributed by atoms with Crippen LogP contribution < -0.4 is 9.46 Å². The van der Waals surface area contributed by atoms with E-state index >= 15 is 0 Å². The molecule has 1 heterocycles. The Balaban J connectivity index is 2.39. The van der Waals surface area contributed by atoms with Gasteiger partial charge in [-0.15, -0.1) is 5.10 Å². The maximum atomic E-state index is 12.2. The molecule has 0 aliphatic heterocycles. The summed E-state index contributed by atoms with van der Waals surface area (Å²) in [6, 6.07) is 3.61. The van der Waals surface area contributed by atoms with Gasteiger partial charge in [-0.05, 0) is 34.1 Å². The molecule has 11 heteroatoms. The Morgan fingerprint density at radius 2 is 2.19 bits per heavy atom. The summed E-state index contributed by atoms with van der Waals surface area (Å²) in [6.07, 6.45) is 0. The number of ether oxygens (including phenoxy) is 1. The van der Waals surface area contributed by atoms with Crippen molar-refractivity contribution in [2.24, 2.45) is 0 Å². The summed E-state index contributed by atoms with van der Waals surface area (Å²) in [4.78, 5) is 14.4. The number of hydrogen-bond acceptors (Lipinski definition) is 6. The van der Waals surface area contributed by atoms with E-state index in [9.17, 15) is 13.2 Å². The van der Waals surface area contributed by atoms with Gasteiger partial charge in [0.15, 0.2) is 0 Å². The lowest BCUT2D eigenvalue weighted by Crippen LogP contribution is -2.15. The summed E-state index contributed by atoms with van der Waals surface area (Å²) in [5.41, 5.74) is -0.159. The maximum absolute atomic E-state index is 12.2. The molecule has 21 heavy (non-hydrogen) atoms. The Hall–Kier alpha value is -2.14. The van der Waals surface area contributed by atoms with Gasteiger partial charge >= 0.3 is 12.0 Å². The molecule has 9 nitrogen and oxygen atoms in total. The minimum absolute atomic E-state index is 0.0361. The lowest BCUT2D eigenvalue weighted by molar-refractivity contribution is 0.0696. The average molecular weight is 377 g/mol. The highest BCUT2D eigenvalue weighted by molar-refractivity contribution is 9.10. The molecule has 112 valence electrons. The smallest absolute Gasteiger partial charge is 0.336 e. The van der Waals surface area contributed by atoms with Crippen LogP contribution in [-0.2, 0) is 10.0 Å². The van der Waals surface area contributed by atoms with Gasteiger partial charge in [-0.25, -0.2) is 23.0 Å². The van der Waals surface area contributed by atoms with Crippen molar-refractivity contribution in [2.75, 3.05) is 11.8 Å². The van der Waals surface area contributed by atoms with E-state index in [2.05, 4.69) is 35.8 Å². The normalized spacial score (nSPS) is 11.1. The molecule has 0 spiro atoms. The molecule has 0 amide bonds. The zero-order chi connectivity index (χ0) is 15.6. The van der Waals surface area contributed by atoms with E-state index in [4.69, 9.17) is 9.84 Å². The van der Waals surface area contributed by atoms with E-state index < -0.39 is 16.0 Å². The molecule has 3 N–H and O–H groups in total. The standard InChI is InChI=1S/C10H9BrN4O5S/c1-20-10-12-9(13-14-10)15-21(18,19)7-4-5(8(16)17)2-3-6(7)11/h2-4H,1H3,(H,16,17)(H2,12,13,14,15). The molecule has 2 rings (SSSR count). The zero-order valence-corrected chi connectivity index (χ0v) is 12.9. The molecule has 0 aliphatic carbocycles. The quantitative estimate of drug-likeness (QED) is 0.710. The first-order valence-electron chi connectivity index (χ1n) is 5.35. The Labute approximate surface area is 127 Å². The van der Waals surface area contributed by atoms with E-state index in [1.54, 1.807) is 0 Å². The summed E-state index contributed by atoms with van der Waals surface area (Å²) >= 11 is 3.06. The minimum atomic E-state index is -4.04. The van der Waals surface area contributed by atoms with E-state index in [-0.39, 0.29) is 26.9 Å². The topological polar surface area (TPSA) is 134 Å². The third-order valence-electron chi connectivity index (χ3n) is 2.35. The molecule has 0 radical (unpaired) electrons. The highest BCUT2D eigenvalue weighted by atomic mass is 79.9. The summed E-state index contributed by atoms with van der Waals surface area (Å²) in [6.45, 7) is 0. The van der Waals surface area contributed by atoms with Crippen molar-refractivity contribution in [3.05, 3.63) is 28.2 Å². The summed E-state index contributed by atoms with van der Waals surface area (Å²) in [7, 11) is -2.72. The number of carbonyl (C=O) groups is 1. The molecular weight excluding hydrogens is 368 g/mol. The molecule has 0 bridgehead atoms. The number of rotatable bonds is 5. The lowest BCUT2D eigenvalue weighted by Gasteiger charge is -2.07. The number of sulfonamides is 1. The van der Waals surface area contributed by atoms with E-state index in [1.807, 2.05) is 0 Å². The molecule has 0 saturated heterocycles. The zero-order valence-electron chi connectivity index (χ0n) is 10.5. The second-order valence-corrected chi connectivity index (χ2v) is 6.23. The first-order valence-corrected chi connectivity index (χ1v) is 7.63. The van der Waals surface area contributed by atoms with Gasteiger partial charge < -0.3 is 9.84 Å². The Morgan fingerprint density at radius 3 is 2.76 bits per heavy atom. The van der Waals surface area contributed by atoms with Crippen molar-refractivity contribution in [3.8, 4) is 6.01 Å². The Bertz CT molecular complexity index is 788. The van der Waals surface area contributed by atoms with Crippen LogP contribution in [0.5, 0.6) is 6.01 Å². The molecule has 0 atom stereocenters. The van der Waals surface area contributed by atoms with Gasteiger partial charge in [0.25, 0.3) is 10.0 Å². The van der Waals surface area contributed by atoms with Gasteiger partial charge in [0, 0.05) is 4.47 Å². The first-order chi connectivity index (χ1) is 9.83. The molecule has 1 aromatic heterocycles. The summed E-state index contributed by atoms with van der Waals surface area (Å²) in [5, 5.41) is 14.8. The largest absolute Gasteiger partial charge is 0.478 e. The van der Waals surface area contributed by atoms with Gasteiger partial charge in [0.05, 0.1) is 12.7 Å². The number of anilines is 1. The average Bonchev–Trinajstić information content (AvgIpc) is 2.85. The maximum Gasteiger partial charge on any atom is 0.336 e. The van der Waals surface area contributed by atoms with Crippen LogP contribution >= 0.6 is 15.9 Å². The van der Waals surface area contributed by atoms with Gasteiger partial charge in [-0.3, -0.25) is 0 Å². The summed E-state index contributed by atoms with van der Waals surface area (Å²) < 4.78 is 31.5. The lowest BCUT2D eigenvalue weighted by atomic mass is 10.2. The van der Waals surface area contributed by atoms with Crippen molar-refractivity contribution < 1.29 is 23.1 Å². The number of benzene rings is 1. The second-order valence-electron chi connectivity index (χ2n) is 3.73. The van der Waals surface area contributed by atoms with Gasteiger partial charge in [0.2, 0.25) is 5.95 Å². The van der Waals surface area contributed by atoms with Crippen LogP contribution in [0, 0.1) is 0 Å². The minimum Gasteiger partial charge on any atom is -0.478 e. The van der Waals surface area contributed by atoms with Gasteiger partial charge in [0.1, 0.15) is 4.90 Å². The van der Waals surface area contributed by atoms with Crippen LogP contribution in [0.25, 0.3) is 0 Å². The number of methoxy groups -OCH3 is 1. The van der Waals surface area contributed by atoms with Crippen molar-refractivity contribution >= 4 is 37.9 Å². The number of H-pyrrole nitrogens is 1. The third kappa shape index (κ3) is 3.31. The fraction of sp³-hybridized carbons (Fsp3) is 0.100. The fourth-order valence-corrected chi connectivity index (χ4v) is 3.36. The molecule has 0 unspecified atom stereocenters. The Kier molecular flexibility index (Phi) is 4.14. The molecule has 0 saturated carbocycles. The predicted octanol–water partition coefficient (Wildman–Crippen LogP) is 1.07. The van der Waals surface area contributed by atoms with Crippen LogP contribution in [0.4, 0.5) is 5.95 Å². The van der Waals surface area contributed by atoms with Crippen LogP contribution in [-0.4, -0.2) is 41.8 Å². The highest BCUT2D eigenvalue weighted by Crippen LogP contribution is 2.25. The molecule has 1 aromatic carbocycles. The van der Waals surface area contributed by atoms with Crippen LogP contribution in [0.1, 0.15) is 10.4 Å². The van der Waals surface area contributed by atoms with Crippen molar-refractivity contribution in [2.45, 2.75) is 4.90 Å². The number of carboxylic acid groups (broad SMARTS) is 1. The number of nitrogens with one attached hydrogen (secondary N) is 2.